The van der Waals surface area contributed by atoms with Crippen LogP contribution in [0.1, 0.15) is 37.0 Å². The molecule has 0 radical (unpaired) electrons. The van der Waals surface area contributed by atoms with E-state index >= 15 is 0 Å². The van der Waals surface area contributed by atoms with Gasteiger partial charge < -0.3 is 10.3 Å². The first-order valence-electron chi connectivity index (χ1n) is 6.08. The molecule has 1 fully saturated rings. The summed E-state index contributed by atoms with van der Waals surface area (Å²) in [5, 5.41) is 7.02. The van der Waals surface area contributed by atoms with Crippen molar-refractivity contribution in [2.75, 3.05) is 6.54 Å². The average Bonchev–Trinajstić information content (AvgIpc) is 2.79. The third-order valence-corrected chi connectivity index (χ3v) is 4.30. The van der Waals surface area contributed by atoms with E-state index in [4.69, 9.17) is 10.3 Å². The molecular formula is C12H16N4OS. The van der Waals surface area contributed by atoms with Crippen molar-refractivity contribution in [2.45, 2.75) is 32.6 Å². The number of hydrogen-bond donors (Lipinski definition) is 1. The van der Waals surface area contributed by atoms with Gasteiger partial charge in [-0.1, -0.05) is 19.0 Å². The van der Waals surface area contributed by atoms with Gasteiger partial charge in [0.15, 0.2) is 5.82 Å². The zero-order chi connectivity index (χ0) is 12.8. The van der Waals surface area contributed by atoms with Crippen LogP contribution >= 0.6 is 11.3 Å². The highest BCUT2D eigenvalue weighted by atomic mass is 32.1. The summed E-state index contributed by atoms with van der Waals surface area (Å²) < 4.78 is 5.29. The molecule has 2 aromatic rings. The third-order valence-electron chi connectivity index (χ3n) is 3.40. The van der Waals surface area contributed by atoms with E-state index < -0.39 is 0 Å². The molecule has 1 unspecified atom stereocenters. The molecule has 0 saturated heterocycles. The molecule has 18 heavy (non-hydrogen) atoms. The molecular weight excluding hydrogens is 248 g/mol. The summed E-state index contributed by atoms with van der Waals surface area (Å²) in [6.45, 7) is 5.05. The number of thiazole rings is 1. The van der Waals surface area contributed by atoms with Crippen molar-refractivity contribution in [2.24, 2.45) is 11.1 Å². The Balaban J connectivity index is 1.80. The molecule has 0 aliphatic heterocycles. The van der Waals surface area contributed by atoms with Crippen LogP contribution in [0, 0.1) is 5.41 Å². The van der Waals surface area contributed by atoms with Crippen LogP contribution in [-0.2, 0) is 6.42 Å². The molecule has 0 bridgehead atoms. The van der Waals surface area contributed by atoms with Gasteiger partial charge >= 0.3 is 0 Å². The zero-order valence-electron chi connectivity index (χ0n) is 10.5. The Hall–Kier alpha value is -1.27. The standard InChI is InChI=1S/C12H16N4OS/c1-12(2)5-7(12)10-15-11(17-16-10)8-6-18-9(14-8)3-4-13/h6-7H,3-5,13H2,1-2H3. The molecule has 1 saturated carbocycles. The second-order valence-electron chi connectivity index (χ2n) is 5.37. The second kappa shape index (κ2) is 4.13. The zero-order valence-corrected chi connectivity index (χ0v) is 11.3. The largest absolute Gasteiger partial charge is 0.332 e. The monoisotopic (exact) mass is 264 g/mol. The average molecular weight is 264 g/mol. The maximum absolute atomic E-state index is 5.51. The number of nitrogens with two attached hydrogens (primary N) is 1. The maximum Gasteiger partial charge on any atom is 0.277 e. The molecule has 0 amide bonds. The van der Waals surface area contributed by atoms with Gasteiger partial charge in [-0.05, 0) is 18.4 Å². The number of aromatic nitrogens is 3. The van der Waals surface area contributed by atoms with Crippen molar-refractivity contribution in [1.82, 2.24) is 15.1 Å². The van der Waals surface area contributed by atoms with Crippen molar-refractivity contribution < 1.29 is 4.52 Å². The Morgan fingerprint density at radius 1 is 1.50 bits per heavy atom. The summed E-state index contributed by atoms with van der Waals surface area (Å²) in [7, 11) is 0. The topological polar surface area (TPSA) is 77.8 Å². The fraction of sp³-hybridized carbons (Fsp3) is 0.583. The lowest BCUT2D eigenvalue weighted by molar-refractivity contribution is 0.418. The molecule has 6 heteroatoms. The SMILES string of the molecule is CC1(C)CC1c1noc(-c2csc(CCN)n2)n1. The molecule has 3 rings (SSSR count). The van der Waals surface area contributed by atoms with E-state index in [-0.39, 0.29) is 0 Å². The van der Waals surface area contributed by atoms with Crippen molar-refractivity contribution in [3.05, 3.63) is 16.2 Å². The van der Waals surface area contributed by atoms with E-state index in [2.05, 4.69) is 29.0 Å². The molecule has 5 nitrogen and oxygen atoms in total. The van der Waals surface area contributed by atoms with Gasteiger partial charge in [0.2, 0.25) is 0 Å². The first-order chi connectivity index (χ1) is 8.60. The van der Waals surface area contributed by atoms with Crippen molar-refractivity contribution in [3.8, 4) is 11.6 Å². The molecule has 2 N–H and O–H groups in total. The summed E-state index contributed by atoms with van der Waals surface area (Å²) in [6.07, 6.45) is 1.92. The summed E-state index contributed by atoms with van der Waals surface area (Å²) >= 11 is 1.58. The Morgan fingerprint density at radius 3 is 2.94 bits per heavy atom. The lowest BCUT2D eigenvalue weighted by Gasteiger charge is -1.95. The van der Waals surface area contributed by atoms with E-state index in [0.717, 1.165) is 29.4 Å². The maximum atomic E-state index is 5.51. The minimum atomic E-state index is 0.313. The second-order valence-corrected chi connectivity index (χ2v) is 6.31. The summed E-state index contributed by atoms with van der Waals surface area (Å²) in [4.78, 5) is 8.89. The lowest BCUT2D eigenvalue weighted by Crippen LogP contribution is -2.01. The molecule has 96 valence electrons. The minimum Gasteiger partial charge on any atom is -0.332 e. The summed E-state index contributed by atoms with van der Waals surface area (Å²) in [5.41, 5.74) is 6.58. The van der Waals surface area contributed by atoms with Crippen LogP contribution in [0.5, 0.6) is 0 Å². The molecule has 1 aliphatic rings. The van der Waals surface area contributed by atoms with Gasteiger partial charge in [-0.3, -0.25) is 0 Å². The predicted octanol–water partition coefficient (Wildman–Crippen LogP) is 2.21. The number of nitrogens with zero attached hydrogens (tertiary/aromatic N) is 3. The van der Waals surface area contributed by atoms with Gasteiger partial charge in [-0.15, -0.1) is 11.3 Å². The molecule has 0 aromatic carbocycles. The predicted molar refractivity (Wildman–Crippen MR) is 69.3 cm³/mol. The fourth-order valence-electron chi connectivity index (χ4n) is 2.04. The molecule has 2 heterocycles. The van der Waals surface area contributed by atoms with Gasteiger partial charge in [0.1, 0.15) is 5.69 Å². The smallest absolute Gasteiger partial charge is 0.277 e. The van der Waals surface area contributed by atoms with Crippen LogP contribution in [0.4, 0.5) is 0 Å². The van der Waals surface area contributed by atoms with E-state index in [1.807, 2.05) is 5.38 Å². The minimum absolute atomic E-state index is 0.313. The Bertz CT molecular complexity index is 560. The van der Waals surface area contributed by atoms with Crippen LogP contribution in [0.3, 0.4) is 0 Å². The summed E-state index contributed by atoms with van der Waals surface area (Å²) in [5.74, 6) is 1.76. The lowest BCUT2D eigenvalue weighted by atomic mass is 10.1. The van der Waals surface area contributed by atoms with Gasteiger partial charge in [0.25, 0.3) is 5.89 Å². The Kier molecular flexibility index (Phi) is 2.71. The first-order valence-corrected chi connectivity index (χ1v) is 6.96. The van der Waals surface area contributed by atoms with E-state index in [0.29, 0.717) is 23.8 Å². The fourth-order valence-corrected chi connectivity index (χ4v) is 2.82. The molecule has 0 spiro atoms. The van der Waals surface area contributed by atoms with Crippen molar-refractivity contribution in [1.29, 1.82) is 0 Å². The Labute approximate surface area is 109 Å². The van der Waals surface area contributed by atoms with Crippen LogP contribution in [0.15, 0.2) is 9.90 Å². The van der Waals surface area contributed by atoms with Gasteiger partial charge in [-0.25, -0.2) is 4.98 Å². The quantitative estimate of drug-likeness (QED) is 0.916. The van der Waals surface area contributed by atoms with Crippen LogP contribution < -0.4 is 5.73 Å². The number of rotatable bonds is 4. The highest BCUT2D eigenvalue weighted by Crippen LogP contribution is 2.57. The van der Waals surface area contributed by atoms with Crippen LogP contribution in [0.2, 0.25) is 0 Å². The normalized spacial score (nSPS) is 21.2. The third kappa shape index (κ3) is 2.06. The van der Waals surface area contributed by atoms with Gasteiger partial charge in [0, 0.05) is 17.7 Å². The van der Waals surface area contributed by atoms with Gasteiger partial charge in [0.05, 0.1) is 5.01 Å². The first kappa shape index (κ1) is 11.8. The van der Waals surface area contributed by atoms with Crippen LogP contribution in [0.25, 0.3) is 11.6 Å². The van der Waals surface area contributed by atoms with Gasteiger partial charge in [-0.2, -0.15) is 4.98 Å². The summed E-state index contributed by atoms with van der Waals surface area (Å²) in [6, 6.07) is 0. The Morgan fingerprint density at radius 2 is 2.28 bits per heavy atom. The van der Waals surface area contributed by atoms with E-state index in [1.165, 1.54) is 0 Å². The van der Waals surface area contributed by atoms with E-state index in [1.54, 1.807) is 11.3 Å². The molecule has 1 aliphatic carbocycles. The van der Waals surface area contributed by atoms with Crippen molar-refractivity contribution >= 4 is 11.3 Å². The van der Waals surface area contributed by atoms with Crippen LogP contribution in [-0.4, -0.2) is 21.7 Å². The molecule has 1 atom stereocenters. The number of hydrogen-bond acceptors (Lipinski definition) is 6. The highest BCUT2D eigenvalue weighted by molar-refractivity contribution is 7.09. The highest BCUT2D eigenvalue weighted by Gasteiger charge is 2.49. The van der Waals surface area contributed by atoms with Crippen molar-refractivity contribution in [3.63, 3.8) is 0 Å². The van der Waals surface area contributed by atoms with E-state index in [9.17, 15) is 0 Å². The molecule has 2 aromatic heterocycles.